The van der Waals surface area contributed by atoms with Crippen molar-refractivity contribution in [3.63, 3.8) is 0 Å². The molecule has 1 N–H and O–H groups in total. The third-order valence-corrected chi connectivity index (χ3v) is 5.24. The summed E-state index contributed by atoms with van der Waals surface area (Å²) in [6.45, 7) is 2.59. The molecule has 1 aliphatic rings. The fraction of sp³-hybridized carbons (Fsp3) is 0.261. The van der Waals surface area contributed by atoms with Gasteiger partial charge in [0.25, 0.3) is 0 Å². The van der Waals surface area contributed by atoms with Gasteiger partial charge < -0.3 is 14.2 Å². The minimum absolute atomic E-state index is 0.0330. The van der Waals surface area contributed by atoms with Crippen LogP contribution in [0.5, 0.6) is 0 Å². The zero-order valence-electron chi connectivity index (χ0n) is 16.1. The molecule has 6 heteroatoms. The summed E-state index contributed by atoms with van der Waals surface area (Å²) in [6, 6.07) is 20.3. The lowest BCUT2D eigenvalue weighted by molar-refractivity contribution is -0.130. The normalized spacial score (nSPS) is 15.3. The number of nitrogens with zero attached hydrogens (tertiary/aromatic N) is 2. The molecule has 1 aliphatic heterocycles. The summed E-state index contributed by atoms with van der Waals surface area (Å²) in [5, 5.41) is 3.33. The lowest BCUT2D eigenvalue weighted by Crippen LogP contribution is -2.51. The van der Waals surface area contributed by atoms with Crippen molar-refractivity contribution < 1.29 is 13.6 Å². The van der Waals surface area contributed by atoms with Crippen LogP contribution in [0.15, 0.2) is 77.4 Å². The van der Waals surface area contributed by atoms with Crippen molar-refractivity contribution >= 4 is 11.6 Å². The molecule has 1 aromatic heterocycles. The highest BCUT2D eigenvalue weighted by atomic mass is 19.1. The van der Waals surface area contributed by atoms with Crippen LogP contribution in [0.2, 0.25) is 0 Å². The quantitative estimate of drug-likeness (QED) is 0.697. The van der Waals surface area contributed by atoms with Crippen LogP contribution in [0.25, 0.3) is 0 Å². The molecule has 150 valence electrons. The van der Waals surface area contributed by atoms with Gasteiger partial charge in [-0.3, -0.25) is 10.1 Å². The van der Waals surface area contributed by atoms with Crippen molar-refractivity contribution in [2.45, 2.75) is 6.04 Å². The SMILES string of the molecule is O=C(CN[C@H](c1ccccc1)c1ccco1)N1CCN(c2ccccc2F)CC1. The number of nitrogens with one attached hydrogen (secondary N) is 1. The number of carbonyl (C=O) groups excluding carboxylic acids is 1. The molecular weight excluding hydrogens is 369 g/mol. The highest BCUT2D eigenvalue weighted by Gasteiger charge is 2.24. The number of anilines is 1. The summed E-state index contributed by atoms with van der Waals surface area (Å²) < 4.78 is 19.6. The second-order valence-electron chi connectivity index (χ2n) is 7.06. The van der Waals surface area contributed by atoms with Gasteiger partial charge in [0.05, 0.1) is 24.5 Å². The Hall–Kier alpha value is -3.12. The zero-order valence-corrected chi connectivity index (χ0v) is 16.1. The summed E-state index contributed by atoms with van der Waals surface area (Å²) in [7, 11) is 0. The lowest BCUT2D eigenvalue weighted by atomic mass is 10.0. The molecule has 0 unspecified atom stereocenters. The molecule has 4 rings (SSSR count). The third kappa shape index (κ3) is 4.49. The van der Waals surface area contributed by atoms with Gasteiger partial charge in [0.2, 0.25) is 5.91 Å². The Balaban J connectivity index is 1.35. The van der Waals surface area contributed by atoms with Crippen molar-refractivity contribution in [2.75, 3.05) is 37.6 Å². The Bertz CT molecular complexity index is 922. The van der Waals surface area contributed by atoms with Gasteiger partial charge in [-0.25, -0.2) is 4.39 Å². The topological polar surface area (TPSA) is 48.7 Å². The molecule has 0 bridgehead atoms. The first-order chi connectivity index (χ1) is 14.2. The molecule has 1 saturated heterocycles. The molecule has 0 radical (unpaired) electrons. The first kappa shape index (κ1) is 19.2. The third-order valence-electron chi connectivity index (χ3n) is 5.24. The Morgan fingerprint density at radius 1 is 0.966 bits per heavy atom. The van der Waals surface area contributed by atoms with Crippen LogP contribution in [-0.2, 0) is 4.79 Å². The van der Waals surface area contributed by atoms with Gasteiger partial charge in [-0.05, 0) is 29.8 Å². The average Bonchev–Trinajstić information content (AvgIpc) is 3.30. The maximum Gasteiger partial charge on any atom is 0.236 e. The molecule has 1 fully saturated rings. The van der Waals surface area contributed by atoms with Crippen LogP contribution >= 0.6 is 0 Å². The lowest BCUT2D eigenvalue weighted by Gasteiger charge is -2.36. The number of furan rings is 1. The fourth-order valence-corrected chi connectivity index (χ4v) is 3.69. The predicted molar refractivity (Wildman–Crippen MR) is 110 cm³/mol. The van der Waals surface area contributed by atoms with E-state index < -0.39 is 0 Å². The van der Waals surface area contributed by atoms with Crippen molar-refractivity contribution in [1.29, 1.82) is 0 Å². The van der Waals surface area contributed by atoms with E-state index in [-0.39, 0.29) is 24.3 Å². The van der Waals surface area contributed by atoms with Gasteiger partial charge in [-0.1, -0.05) is 42.5 Å². The van der Waals surface area contributed by atoms with E-state index in [1.807, 2.05) is 58.3 Å². The number of amides is 1. The fourth-order valence-electron chi connectivity index (χ4n) is 3.69. The number of hydrogen-bond acceptors (Lipinski definition) is 4. The average molecular weight is 393 g/mol. The molecule has 3 aromatic rings. The maximum absolute atomic E-state index is 14.0. The summed E-state index contributed by atoms with van der Waals surface area (Å²) in [4.78, 5) is 16.6. The monoisotopic (exact) mass is 393 g/mol. The molecule has 1 atom stereocenters. The second-order valence-corrected chi connectivity index (χ2v) is 7.06. The van der Waals surface area contributed by atoms with Crippen LogP contribution in [0.1, 0.15) is 17.4 Å². The minimum Gasteiger partial charge on any atom is -0.467 e. The molecular formula is C23H24FN3O2. The molecule has 2 heterocycles. The number of carbonyl (C=O) groups is 1. The van der Waals surface area contributed by atoms with E-state index in [9.17, 15) is 9.18 Å². The molecule has 0 aliphatic carbocycles. The van der Waals surface area contributed by atoms with E-state index in [0.717, 1.165) is 11.3 Å². The van der Waals surface area contributed by atoms with Crippen molar-refractivity contribution in [3.8, 4) is 0 Å². The van der Waals surface area contributed by atoms with Gasteiger partial charge in [-0.15, -0.1) is 0 Å². The molecule has 0 spiro atoms. The van der Waals surface area contributed by atoms with E-state index >= 15 is 0 Å². The number of hydrogen-bond donors (Lipinski definition) is 1. The number of rotatable bonds is 6. The Labute approximate surface area is 169 Å². The second kappa shape index (κ2) is 8.92. The van der Waals surface area contributed by atoms with Crippen LogP contribution in [0, 0.1) is 5.82 Å². The maximum atomic E-state index is 14.0. The minimum atomic E-state index is -0.224. The number of halogens is 1. The molecule has 2 aromatic carbocycles. The van der Waals surface area contributed by atoms with Crippen LogP contribution in [0.4, 0.5) is 10.1 Å². The molecule has 1 amide bonds. The summed E-state index contributed by atoms with van der Waals surface area (Å²) in [5.74, 6) is 0.581. The van der Waals surface area contributed by atoms with Crippen molar-refractivity contribution in [2.24, 2.45) is 0 Å². The van der Waals surface area contributed by atoms with Crippen LogP contribution in [0.3, 0.4) is 0 Å². The number of piperazine rings is 1. The Kier molecular flexibility index (Phi) is 5.91. The molecule has 29 heavy (non-hydrogen) atoms. The van der Waals surface area contributed by atoms with Crippen LogP contribution in [-0.4, -0.2) is 43.5 Å². The van der Waals surface area contributed by atoms with Gasteiger partial charge in [0.1, 0.15) is 11.6 Å². The van der Waals surface area contributed by atoms with E-state index in [1.165, 1.54) is 6.07 Å². The first-order valence-electron chi connectivity index (χ1n) is 9.81. The highest BCUT2D eigenvalue weighted by Crippen LogP contribution is 2.23. The number of benzene rings is 2. The number of para-hydroxylation sites is 1. The van der Waals surface area contributed by atoms with Crippen molar-refractivity contribution in [1.82, 2.24) is 10.2 Å². The van der Waals surface area contributed by atoms with E-state index in [0.29, 0.717) is 31.9 Å². The zero-order chi connectivity index (χ0) is 20.1. The van der Waals surface area contributed by atoms with E-state index in [1.54, 1.807) is 18.4 Å². The summed E-state index contributed by atoms with van der Waals surface area (Å²) in [5.41, 5.74) is 1.64. The van der Waals surface area contributed by atoms with E-state index in [2.05, 4.69) is 5.32 Å². The predicted octanol–water partition coefficient (Wildman–Crippen LogP) is 3.45. The first-order valence-corrected chi connectivity index (χ1v) is 9.81. The largest absolute Gasteiger partial charge is 0.467 e. The van der Waals surface area contributed by atoms with Crippen molar-refractivity contribution in [3.05, 3.63) is 90.1 Å². The highest BCUT2D eigenvalue weighted by molar-refractivity contribution is 5.78. The van der Waals surface area contributed by atoms with Gasteiger partial charge in [-0.2, -0.15) is 0 Å². The summed E-state index contributed by atoms with van der Waals surface area (Å²) in [6.07, 6.45) is 1.64. The smallest absolute Gasteiger partial charge is 0.236 e. The van der Waals surface area contributed by atoms with Gasteiger partial charge in [0.15, 0.2) is 0 Å². The standard InChI is InChI=1S/C23H24FN3O2/c24-19-9-4-5-10-20(19)26-12-14-27(15-13-26)22(28)17-25-23(21-11-6-16-29-21)18-7-2-1-3-8-18/h1-11,16,23,25H,12-15,17H2/t23-/m1/s1. The summed E-state index contributed by atoms with van der Waals surface area (Å²) >= 11 is 0. The van der Waals surface area contributed by atoms with Gasteiger partial charge in [0, 0.05) is 26.2 Å². The van der Waals surface area contributed by atoms with Crippen LogP contribution < -0.4 is 10.2 Å². The molecule has 5 nitrogen and oxygen atoms in total. The Morgan fingerprint density at radius 3 is 2.38 bits per heavy atom. The van der Waals surface area contributed by atoms with Gasteiger partial charge >= 0.3 is 0 Å². The van der Waals surface area contributed by atoms with E-state index in [4.69, 9.17) is 4.42 Å². The molecule has 0 saturated carbocycles. The Morgan fingerprint density at radius 2 is 1.69 bits per heavy atom.